The van der Waals surface area contributed by atoms with Crippen LogP contribution in [0.25, 0.3) is 0 Å². The van der Waals surface area contributed by atoms with E-state index in [2.05, 4.69) is 4.72 Å². The molecule has 3 saturated carbocycles. The lowest BCUT2D eigenvalue weighted by Crippen LogP contribution is -2.47. The summed E-state index contributed by atoms with van der Waals surface area (Å²) < 4.78 is 27.8. The number of Topliss-reactive ketones (excluding diaryl/α,β-unsaturated/α-hetero) is 1. The lowest BCUT2D eigenvalue weighted by molar-refractivity contribution is -0.128. The van der Waals surface area contributed by atoms with Crippen molar-refractivity contribution in [1.29, 1.82) is 0 Å². The lowest BCUT2D eigenvalue weighted by Gasteiger charge is -2.36. The number of aliphatic hydroxyl groups excluding tert-OH is 1. The molecule has 0 aliphatic heterocycles. The molecule has 2 N–H and O–H groups in total. The Bertz CT molecular complexity index is 594. The molecule has 0 radical (unpaired) electrons. The van der Waals surface area contributed by atoms with Gasteiger partial charge in [-0.25, -0.2) is 13.1 Å². The summed E-state index contributed by atoms with van der Waals surface area (Å²) >= 11 is 0. The average Bonchev–Trinajstić information content (AvgIpc) is 2.87. The predicted octanol–water partition coefficient (Wildman–Crippen LogP) is 2.24. The summed E-state index contributed by atoms with van der Waals surface area (Å²) in [6.07, 6.45) is 6.89. The van der Waals surface area contributed by atoms with Gasteiger partial charge in [0.2, 0.25) is 10.0 Å². The third kappa shape index (κ3) is 3.06. The Hall–Kier alpha value is -0.460. The SMILES string of the molecule is CC1(C)[C@H]2CC[C@@]1(CS(=O)(=O)NC[C@@H](O)C1CCCCC1)C(=O)C2. The van der Waals surface area contributed by atoms with Crippen LogP contribution in [0.3, 0.4) is 0 Å². The van der Waals surface area contributed by atoms with E-state index in [0.717, 1.165) is 32.1 Å². The fourth-order valence-corrected chi connectivity index (χ4v) is 7.23. The van der Waals surface area contributed by atoms with Gasteiger partial charge in [0.25, 0.3) is 0 Å². The average molecular weight is 358 g/mol. The molecule has 3 aliphatic carbocycles. The van der Waals surface area contributed by atoms with Gasteiger partial charge in [0.15, 0.2) is 0 Å². The Morgan fingerprint density at radius 3 is 2.42 bits per heavy atom. The molecule has 138 valence electrons. The largest absolute Gasteiger partial charge is 0.391 e. The molecule has 24 heavy (non-hydrogen) atoms. The Morgan fingerprint density at radius 1 is 1.21 bits per heavy atom. The van der Waals surface area contributed by atoms with Crippen LogP contribution >= 0.6 is 0 Å². The first kappa shape index (κ1) is 18.3. The molecule has 5 nitrogen and oxygen atoms in total. The number of ketones is 1. The van der Waals surface area contributed by atoms with Crippen LogP contribution < -0.4 is 4.72 Å². The zero-order chi connectivity index (χ0) is 17.6. The van der Waals surface area contributed by atoms with Crippen molar-refractivity contribution in [2.75, 3.05) is 12.3 Å². The normalized spacial score (nSPS) is 34.6. The van der Waals surface area contributed by atoms with Crippen molar-refractivity contribution in [3.05, 3.63) is 0 Å². The first-order valence-corrected chi connectivity index (χ1v) is 11.0. The van der Waals surface area contributed by atoms with Gasteiger partial charge in [-0.05, 0) is 42.9 Å². The Balaban J connectivity index is 1.63. The molecule has 0 amide bonds. The van der Waals surface area contributed by atoms with Gasteiger partial charge in [-0.3, -0.25) is 4.79 Å². The molecule has 0 heterocycles. The zero-order valence-electron chi connectivity index (χ0n) is 14.9. The summed E-state index contributed by atoms with van der Waals surface area (Å²) in [5.41, 5.74) is -0.986. The zero-order valence-corrected chi connectivity index (χ0v) is 15.7. The molecular formula is C18H31NO4S. The molecule has 2 bridgehead atoms. The predicted molar refractivity (Wildman–Crippen MR) is 92.9 cm³/mol. The van der Waals surface area contributed by atoms with Gasteiger partial charge in [-0.1, -0.05) is 33.1 Å². The second kappa shape index (κ2) is 6.36. The molecule has 0 aromatic heterocycles. The van der Waals surface area contributed by atoms with E-state index in [1.807, 2.05) is 13.8 Å². The molecule has 3 aliphatic rings. The second-order valence-corrected chi connectivity index (χ2v) is 10.5. The Morgan fingerprint density at radius 2 is 1.88 bits per heavy atom. The highest BCUT2D eigenvalue weighted by molar-refractivity contribution is 7.89. The monoisotopic (exact) mass is 357 g/mol. The van der Waals surface area contributed by atoms with Crippen molar-refractivity contribution in [3.63, 3.8) is 0 Å². The smallest absolute Gasteiger partial charge is 0.212 e. The minimum atomic E-state index is -3.58. The van der Waals surface area contributed by atoms with Crippen LogP contribution in [-0.2, 0) is 14.8 Å². The van der Waals surface area contributed by atoms with E-state index in [1.54, 1.807) is 0 Å². The highest BCUT2D eigenvalue weighted by Crippen LogP contribution is 2.64. The molecule has 0 spiro atoms. The second-order valence-electron chi connectivity index (χ2n) is 8.74. The van der Waals surface area contributed by atoms with Gasteiger partial charge in [-0.15, -0.1) is 0 Å². The summed E-state index contributed by atoms with van der Waals surface area (Å²) in [6, 6.07) is 0. The van der Waals surface area contributed by atoms with Crippen LogP contribution in [0.1, 0.15) is 65.2 Å². The molecule has 0 saturated heterocycles. The molecule has 0 unspecified atom stereocenters. The van der Waals surface area contributed by atoms with Crippen molar-refractivity contribution in [2.24, 2.45) is 22.7 Å². The third-order valence-corrected chi connectivity index (χ3v) is 8.76. The van der Waals surface area contributed by atoms with E-state index >= 15 is 0 Å². The van der Waals surface area contributed by atoms with Gasteiger partial charge < -0.3 is 5.11 Å². The summed E-state index contributed by atoms with van der Waals surface area (Å²) in [6.45, 7) is 4.16. The molecule has 3 atom stereocenters. The maximum Gasteiger partial charge on any atom is 0.212 e. The fourth-order valence-electron chi connectivity index (χ4n) is 5.38. The van der Waals surface area contributed by atoms with Crippen molar-refractivity contribution >= 4 is 15.8 Å². The first-order chi connectivity index (χ1) is 11.2. The van der Waals surface area contributed by atoms with E-state index < -0.39 is 21.5 Å². The fraction of sp³-hybridized carbons (Fsp3) is 0.944. The maximum absolute atomic E-state index is 12.6. The topological polar surface area (TPSA) is 83.5 Å². The van der Waals surface area contributed by atoms with Gasteiger partial charge in [0.1, 0.15) is 5.78 Å². The van der Waals surface area contributed by atoms with Crippen molar-refractivity contribution in [3.8, 4) is 0 Å². The van der Waals surface area contributed by atoms with Gasteiger partial charge in [0.05, 0.1) is 11.9 Å². The van der Waals surface area contributed by atoms with E-state index in [4.69, 9.17) is 0 Å². The van der Waals surface area contributed by atoms with Gasteiger partial charge in [0, 0.05) is 18.4 Å². The summed E-state index contributed by atoms with van der Waals surface area (Å²) in [5, 5.41) is 10.3. The highest BCUT2D eigenvalue weighted by atomic mass is 32.2. The highest BCUT2D eigenvalue weighted by Gasteiger charge is 2.65. The molecule has 6 heteroatoms. The van der Waals surface area contributed by atoms with Crippen LogP contribution in [0.4, 0.5) is 0 Å². The summed E-state index contributed by atoms with van der Waals surface area (Å²) in [4.78, 5) is 12.5. The molecule has 0 aromatic carbocycles. The van der Waals surface area contributed by atoms with Crippen molar-refractivity contribution in [2.45, 2.75) is 71.3 Å². The molecule has 3 rings (SSSR count). The van der Waals surface area contributed by atoms with Crippen LogP contribution in [-0.4, -0.2) is 37.7 Å². The van der Waals surface area contributed by atoms with Gasteiger partial charge >= 0.3 is 0 Å². The number of fused-ring (bicyclic) bond motifs is 2. The number of carbonyl (C=O) groups is 1. The van der Waals surface area contributed by atoms with E-state index in [9.17, 15) is 18.3 Å². The molecule has 0 aromatic rings. The van der Waals surface area contributed by atoms with Crippen LogP contribution in [0.2, 0.25) is 0 Å². The van der Waals surface area contributed by atoms with E-state index in [-0.39, 0.29) is 29.4 Å². The maximum atomic E-state index is 12.6. The third-order valence-electron chi connectivity index (χ3n) is 7.28. The first-order valence-electron chi connectivity index (χ1n) is 9.37. The van der Waals surface area contributed by atoms with Gasteiger partial charge in [-0.2, -0.15) is 0 Å². The van der Waals surface area contributed by atoms with Crippen LogP contribution in [0.5, 0.6) is 0 Å². The number of nitrogens with one attached hydrogen (secondary N) is 1. The van der Waals surface area contributed by atoms with Crippen LogP contribution in [0, 0.1) is 22.7 Å². The van der Waals surface area contributed by atoms with E-state index in [0.29, 0.717) is 18.8 Å². The van der Waals surface area contributed by atoms with Crippen molar-refractivity contribution < 1.29 is 18.3 Å². The number of rotatable bonds is 6. The number of sulfonamides is 1. The standard InChI is InChI=1S/C18H31NO4S/c1-17(2)14-8-9-18(17,16(21)10-14)12-24(22,23)19-11-15(20)13-6-4-3-5-7-13/h13-15,19-20H,3-12H2,1-2H3/t14-,15+,18+/m0/s1. The van der Waals surface area contributed by atoms with Crippen LogP contribution in [0.15, 0.2) is 0 Å². The van der Waals surface area contributed by atoms with Crippen molar-refractivity contribution in [1.82, 2.24) is 4.72 Å². The van der Waals surface area contributed by atoms with E-state index in [1.165, 1.54) is 6.42 Å². The summed E-state index contributed by atoms with van der Waals surface area (Å²) in [7, 11) is -3.58. The minimum Gasteiger partial charge on any atom is -0.391 e. The quantitative estimate of drug-likeness (QED) is 0.764. The summed E-state index contributed by atoms with van der Waals surface area (Å²) in [5.74, 6) is 0.495. The Kier molecular flexibility index (Phi) is 4.86. The molecule has 3 fully saturated rings. The Labute approximate surface area is 145 Å². The number of aliphatic hydroxyl groups is 1. The molecular weight excluding hydrogens is 326 g/mol. The number of hydrogen-bond acceptors (Lipinski definition) is 4. The lowest BCUT2D eigenvalue weighted by atomic mass is 9.70. The minimum absolute atomic E-state index is 0.0706. The number of carbonyl (C=O) groups excluding carboxylic acids is 1. The number of hydrogen-bond donors (Lipinski definition) is 2.